The fourth-order valence-electron chi connectivity index (χ4n) is 2.70. The van der Waals surface area contributed by atoms with Crippen LogP contribution in [-0.4, -0.2) is 0 Å². The molecule has 0 saturated heterocycles. The molecule has 1 aromatic carbocycles. The van der Waals surface area contributed by atoms with Crippen LogP contribution in [0.5, 0.6) is 0 Å². The Bertz CT molecular complexity index is 397. The second-order valence-corrected chi connectivity index (χ2v) is 6.16. The van der Waals surface area contributed by atoms with Crippen LogP contribution in [0, 0.1) is 17.0 Å². The summed E-state index contributed by atoms with van der Waals surface area (Å²) in [6.07, 6.45) is 5.74. The molecule has 0 amide bonds. The summed E-state index contributed by atoms with van der Waals surface area (Å²) in [5.41, 5.74) is 0.488. The molecule has 94 valence electrons. The van der Waals surface area contributed by atoms with Gasteiger partial charge in [0.25, 0.3) is 0 Å². The smallest absolute Gasteiger partial charge is 0.127 e. The monoisotopic (exact) mass is 302 g/mol. The number of benzene rings is 1. The first-order chi connectivity index (χ1) is 8.03. The van der Waals surface area contributed by atoms with E-state index in [2.05, 4.69) is 22.9 Å². The molecule has 0 nitrogen and oxygen atoms in total. The Balaban J connectivity index is 2.29. The van der Waals surface area contributed by atoms with E-state index in [1.807, 2.05) is 0 Å². The number of hydrogen-bond donors (Lipinski definition) is 0. The number of alkyl halides is 1. The van der Waals surface area contributed by atoms with Gasteiger partial charge >= 0.3 is 0 Å². The van der Waals surface area contributed by atoms with Crippen molar-refractivity contribution < 1.29 is 8.78 Å². The van der Waals surface area contributed by atoms with Gasteiger partial charge in [-0.15, -0.1) is 0 Å². The molecule has 0 spiro atoms. The van der Waals surface area contributed by atoms with Gasteiger partial charge in [0.05, 0.1) is 0 Å². The topological polar surface area (TPSA) is 0 Å². The Labute approximate surface area is 110 Å². The van der Waals surface area contributed by atoms with E-state index in [4.69, 9.17) is 0 Å². The molecule has 2 rings (SSSR count). The highest BCUT2D eigenvalue weighted by atomic mass is 79.9. The van der Waals surface area contributed by atoms with E-state index >= 15 is 0 Å². The molecule has 0 heterocycles. The molecular formula is C14H17BrF2. The van der Waals surface area contributed by atoms with Gasteiger partial charge in [0.1, 0.15) is 11.6 Å². The summed E-state index contributed by atoms with van der Waals surface area (Å²) in [6.45, 7) is 2.16. The molecule has 3 heteroatoms. The van der Waals surface area contributed by atoms with Gasteiger partial charge < -0.3 is 0 Å². The molecule has 1 fully saturated rings. The summed E-state index contributed by atoms with van der Waals surface area (Å²) >= 11 is 3.58. The zero-order valence-corrected chi connectivity index (χ0v) is 11.6. The van der Waals surface area contributed by atoms with E-state index in [1.54, 1.807) is 0 Å². The van der Waals surface area contributed by atoms with Crippen LogP contribution in [0.4, 0.5) is 8.78 Å². The average Bonchev–Trinajstić information content (AvgIpc) is 2.32. The summed E-state index contributed by atoms with van der Waals surface area (Å²) in [7, 11) is 0. The maximum absolute atomic E-state index is 13.7. The molecule has 1 unspecified atom stereocenters. The lowest BCUT2D eigenvalue weighted by Gasteiger charge is -2.38. The maximum atomic E-state index is 13.7. The van der Waals surface area contributed by atoms with Crippen LogP contribution < -0.4 is 0 Å². The highest BCUT2D eigenvalue weighted by Gasteiger charge is 2.36. The van der Waals surface area contributed by atoms with E-state index in [-0.39, 0.29) is 21.9 Å². The van der Waals surface area contributed by atoms with Crippen LogP contribution >= 0.6 is 15.9 Å². The maximum Gasteiger partial charge on any atom is 0.127 e. The van der Waals surface area contributed by atoms with Crippen LogP contribution in [0.25, 0.3) is 0 Å². The van der Waals surface area contributed by atoms with Crippen molar-refractivity contribution in [1.29, 1.82) is 0 Å². The van der Waals surface area contributed by atoms with Gasteiger partial charge in [0.2, 0.25) is 0 Å². The van der Waals surface area contributed by atoms with Crippen LogP contribution in [0.1, 0.15) is 49.4 Å². The van der Waals surface area contributed by atoms with Crippen LogP contribution in [0.3, 0.4) is 0 Å². The predicted molar refractivity (Wildman–Crippen MR) is 69.2 cm³/mol. The molecule has 1 atom stereocenters. The predicted octanol–water partition coefficient (Wildman–Crippen LogP) is 5.37. The minimum absolute atomic E-state index is 0.0346. The van der Waals surface area contributed by atoms with Gasteiger partial charge in [0, 0.05) is 10.4 Å². The SMILES string of the molecule is CC1(C(Br)c2cc(F)ccc2F)CCCCC1. The third-order valence-corrected chi connectivity index (χ3v) is 5.44. The van der Waals surface area contributed by atoms with Crippen molar-refractivity contribution in [3.05, 3.63) is 35.4 Å². The van der Waals surface area contributed by atoms with Gasteiger partial charge in [-0.25, -0.2) is 8.78 Å². The first-order valence-corrected chi connectivity index (χ1v) is 7.03. The van der Waals surface area contributed by atoms with Crippen molar-refractivity contribution in [3.8, 4) is 0 Å². The fourth-order valence-corrected chi connectivity index (χ4v) is 3.51. The van der Waals surface area contributed by atoms with Crippen LogP contribution in [0.15, 0.2) is 18.2 Å². The first kappa shape index (κ1) is 13.0. The van der Waals surface area contributed by atoms with Crippen molar-refractivity contribution in [2.45, 2.75) is 43.9 Å². The van der Waals surface area contributed by atoms with Gasteiger partial charge in [-0.05, 0) is 36.5 Å². The molecule has 0 radical (unpaired) electrons. The van der Waals surface area contributed by atoms with Crippen LogP contribution in [0.2, 0.25) is 0 Å². The van der Waals surface area contributed by atoms with Gasteiger partial charge in [-0.1, -0.05) is 42.1 Å². The Morgan fingerprint density at radius 1 is 1.18 bits per heavy atom. The molecule has 0 aromatic heterocycles. The van der Waals surface area contributed by atoms with E-state index in [0.717, 1.165) is 12.8 Å². The molecule has 0 N–H and O–H groups in total. The van der Waals surface area contributed by atoms with Crippen molar-refractivity contribution >= 4 is 15.9 Å². The zero-order chi connectivity index (χ0) is 12.5. The Morgan fingerprint density at radius 3 is 2.47 bits per heavy atom. The van der Waals surface area contributed by atoms with E-state index in [9.17, 15) is 8.78 Å². The first-order valence-electron chi connectivity index (χ1n) is 6.12. The number of rotatable bonds is 2. The summed E-state index contributed by atoms with van der Waals surface area (Å²) in [4.78, 5) is -0.106. The van der Waals surface area contributed by atoms with Crippen molar-refractivity contribution in [2.24, 2.45) is 5.41 Å². The normalized spacial score (nSPS) is 21.2. The average molecular weight is 303 g/mol. The number of hydrogen-bond acceptors (Lipinski definition) is 0. The third kappa shape index (κ3) is 2.70. The van der Waals surface area contributed by atoms with Gasteiger partial charge in [-0.2, -0.15) is 0 Å². The Hall–Kier alpha value is -0.440. The molecule has 0 bridgehead atoms. The lowest BCUT2D eigenvalue weighted by molar-refractivity contribution is 0.210. The molecule has 1 aliphatic rings. The summed E-state index contributed by atoms with van der Waals surface area (Å²) in [5, 5.41) is 0. The quantitative estimate of drug-likeness (QED) is 0.644. The highest BCUT2D eigenvalue weighted by Crippen LogP contribution is 2.50. The standard InChI is InChI=1S/C14H17BrF2/c1-14(7-3-2-4-8-14)13(15)11-9-10(16)5-6-12(11)17/h5-6,9,13H,2-4,7-8H2,1H3. The molecule has 1 aromatic rings. The van der Waals surface area contributed by atoms with Crippen molar-refractivity contribution in [1.82, 2.24) is 0 Å². The van der Waals surface area contributed by atoms with Gasteiger partial charge in [-0.3, -0.25) is 0 Å². The molecule has 17 heavy (non-hydrogen) atoms. The molecule has 0 aliphatic heterocycles. The van der Waals surface area contributed by atoms with E-state index in [0.29, 0.717) is 5.56 Å². The second kappa shape index (κ2) is 5.05. The van der Waals surface area contributed by atoms with Crippen LogP contribution in [-0.2, 0) is 0 Å². The molecule has 1 aliphatic carbocycles. The van der Waals surface area contributed by atoms with E-state index < -0.39 is 0 Å². The third-order valence-electron chi connectivity index (χ3n) is 3.84. The fraction of sp³-hybridized carbons (Fsp3) is 0.571. The van der Waals surface area contributed by atoms with E-state index in [1.165, 1.54) is 37.5 Å². The number of halogens is 3. The summed E-state index contributed by atoms with van der Waals surface area (Å²) in [5.74, 6) is -0.690. The Morgan fingerprint density at radius 2 is 1.82 bits per heavy atom. The lowest BCUT2D eigenvalue weighted by Crippen LogP contribution is -2.25. The largest absolute Gasteiger partial charge is 0.207 e. The lowest BCUT2D eigenvalue weighted by atomic mass is 9.72. The second-order valence-electron chi connectivity index (χ2n) is 5.24. The van der Waals surface area contributed by atoms with Crippen molar-refractivity contribution in [2.75, 3.05) is 0 Å². The Kier molecular flexibility index (Phi) is 3.86. The molecule has 1 saturated carbocycles. The summed E-state index contributed by atoms with van der Waals surface area (Å²) < 4.78 is 27.0. The van der Waals surface area contributed by atoms with Gasteiger partial charge in [0.15, 0.2) is 0 Å². The summed E-state index contributed by atoms with van der Waals surface area (Å²) in [6, 6.07) is 3.70. The zero-order valence-electron chi connectivity index (χ0n) is 9.98. The van der Waals surface area contributed by atoms with Crippen molar-refractivity contribution in [3.63, 3.8) is 0 Å². The minimum atomic E-state index is -0.370. The minimum Gasteiger partial charge on any atom is -0.207 e. The molecular weight excluding hydrogens is 286 g/mol. The highest BCUT2D eigenvalue weighted by molar-refractivity contribution is 9.09.